The Kier molecular flexibility index (Phi) is 16.6. The first-order valence-electron chi connectivity index (χ1n) is 9.08. The van der Waals surface area contributed by atoms with Gasteiger partial charge in [-0.05, 0) is 31.6 Å². The predicted molar refractivity (Wildman–Crippen MR) is 93.7 cm³/mol. The van der Waals surface area contributed by atoms with Crippen molar-refractivity contribution >= 4 is 0 Å². The zero-order valence-electron chi connectivity index (χ0n) is 14.0. The summed E-state index contributed by atoms with van der Waals surface area (Å²) in [5.74, 6) is 0.973. The molecule has 0 heteroatoms. The molecule has 0 aliphatic heterocycles. The van der Waals surface area contributed by atoms with Crippen molar-refractivity contribution in [2.45, 2.75) is 96.8 Å². The summed E-state index contributed by atoms with van der Waals surface area (Å²) in [7, 11) is 0. The van der Waals surface area contributed by atoms with Crippen LogP contribution in [0.4, 0.5) is 0 Å². The van der Waals surface area contributed by atoms with E-state index in [0.717, 1.165) is 18.8 Å². The van der Waals surface area contributed by atoms with E-state index in [1.165, 1.54) is 77.0 Å². The Labute approximate surface area is 129 Å². The second-order valence-electron chi connectivity index (χ2n) is 6.08. The lowest BCUT2D eigenvalue weighted by atomic mass is 9.92. The Morgan fingerprint density at radius 2 is 1.20 bits per heavy atom. The highest BCUT2D eigenvalue weighted by molar-refractivity contribution is 4.81. The van der Waals surface area contributed by atoms with Gasteiger partial charge < -0.3 is 0 Å². The van der Waals surface area contributed by atoms with Gasteiger partial charge in [-0.3, -0.25) is 0 Å². The van der Waals surface area contributed by atoms with Crippen molar-refractivity contribution in [1.29, 1.82) is 0 Å². The standard InChI is InChI=1S/C20H38/c1-4-7-9-11-12-13-14-15-17-19-20(6-3)18-16-10-8-5-2/h12-13,20H,1-2,4-11,14-19H2,3H3. The molecule has 1 unspecified atom stereocenters. The first kappa shape index (κ1) is 19.7. The van der Waals surface area contributed by atoms with E-state index < -0.39 is 0 Å². The lowest BCUT2D eigenvalue weighted by molar-refractivity contribution is 0.399. The molecular formula is C20H38. The minimum Gasteiger partial charge on any atom is -0.0885 e. The molecule has 0 aliphatic carbocycles. The van der Waals surface area contributed by atoms with Gasteiger partial charge in [0, 0.05) is 0 Å². The zero-order chi connectivity index (χ0) is 14.9. The van der Waals surface area contributed by atoms with E-state index in [-0.39, 0.29) is 0 Å². The molecule has 0 aromatic heterocycles. The summed E-state index contributed by atoms with van der Waals surface area (Å²) in [6, 6.07) is 0. The van der Waals surface area contributed by atoms with Crippen molar-refractivity contribution in [3.05, 3.63) is 26.0 Å². The quantitative estimate of drug-likeness (QED) is 0.217. The maximum atomic E-state index is 3.91. The highest BCUT2D eigenvalue weighted by Crippen LogP contribution is 2.20. The highest BCUT2D eigenvalue weighted by Gasteiger charge is 2.05. The minimum absolute atomic E-state index is 0.973. The summed E-state index contributed by atoms with van der Waals surface area (Å²) in [5, 5.41) is 0. The molecule has 0 saturated heterocycles. The molecular weight excluding hydrogens is 240 g/mol. The summed E-state index contributed by atoms with van der Waals surface area (Å²) in [6.07, 6.45) is 23.2. The SMILES string of the molecule is [CH2]CCCCC=CCCCCC(CC)CCCCC[CH2]. The fourth-order valence-electron chi connectivity index (χ4n) is 2.71. The maximum Gasteiger partial charge on any atom is -0.0351 e. The van der Waals surface area contributed by atoms with E-state index in [2.05, 4.69) is 32.9 Å². The van der Waals surface area contributed by atoms with Crippen molar-refractivity contribution < 1.29 is 0 Å². The number of allylic oxidation sites excluding steroid dienone is 2. The van der Waals surface area contributed by atoms with Gasteiger partial charge in [-0.25, -0.2) is 0 Å². The third-order valence-electron chi connectivity index (χ3n) is 4.21. The van der Waals surface area contributed by atoms with Crippen LogP contribution >= 0.6 is 0 Å². The van der Waals surface area contributed by atoms with Crippen molar-refractivity contribution in [3.8, 4) is 0 Å². The lowest BCUT2D eigenvalue weighted by Crippen LogP contribution is -1.99. The molecule has 20 heavy (non-hydrogen) atoms. The van der Waals surface area contributed by atoms with Crippen molar-refractivity contribution in [1.82, 2.24) is 0 Å². The van der Waals surface area contributed by atoms with E-state index in [1.807, 2.05) is 0 Å². The number of rotatable bonds is 15. The first-order valence-corrected chi connectivity index (χ1v) is 9.08. The third-order valence-corrected chi connectivity index (χ3v) is 4.21. The van der Waals surface area contributed by atoms with Gasteiger partial charge in [-0.1, -0.05) is 97.1 Å². The Morgan fingerprint density at radius 1 is 0.700 bits per heavy atom. The molecule has 2 radical (unpaired) electrons. The number of unbranched alkanes of at least 4 members (excludes halogenated alkanes) is 8. The third kappa shape index (κ3) is 14.2. The molecule has 0 N–H and O–H groups in total. The highest BCUT2D eigenvalue weighted by atomic mass is 14.1. The second kappa shape index (κ2) is 16.8. The fourth-order valence-corrected chi connectivity index (χ4v) is 2.71. The summed E-state index contributed by atoms with van der Waals surface area (Å²) >= 11 is 0. The molecule has 0 saturated carbocycles. The summed E-state index contributed by atoms with van der Waals surface area (Å²) in [6.45, 7) is 10.1. The zero-order valence-corrected chi connectivity index (χ0v) is 14.0. The van der Waals surface area contributed by atoms with E-state index in [9.17, 15) is 0 Å². The van der Waals surface area contributed by atoms with E-state index in [1.54, 1.807) is 0 Å². The molecule has 0 fully saturated rings. The van der Waals surface area contributed by atoms with Gasteiger partial charge in [-0.2, -0.15) is 0 Å². The normalized spacial score (nSPS) is 13.2. The van der Waals surface area contributed by atoms with E-state index >= 15 is 0 Å². The lowest BCUT2D eigenvalue weighted by Gasteiger charge is -2.14. The van der Waals surface area contributed by atoms with Crippen LogP contribution in [0.15, 0.2) is 12.2 Å². The van der Waals surface area contributed by atoms with Crippen LogP contribution in [0.25, 0.3) is 0 Å². The number of hydrogen-bond donors (Lipinski definition) is 0. The molecule has 0 rings (SSSR count). The molecule has 1 atom stereocenters. The van der Waals surface area contributed by atoms with Gasteiger partial charge in [0.2, 0.25) is 0 Å². The Balaban J connectivity index is 3.36. The van der Waals surface area contributed by atoms with Gasteiger partial charge in [-0.15, -0.1) is 0 Å². The van der Waals surface area contributed by atoms with Gasteiger partial charge in [0.25, 0.3) is 0 Å². The Morgan fingerprint density at radius 3 is 1.75 bits per heavy atom. The minimum atomic E-state index is 0.973. The Bertz CT molecular complexity index is 192. The molecule has 0 heterocycles. The largest absolute Gasteiger partial charge is 0.0885 e. The maximum absolute atomic E-state index is 3.91. The molecule has 0 aromatic rings. The van der Waals surface area contributed by atoms with Crippen LogP contribution in [-0.4, -0.2) is 0 Å². The predicted octanol–water partition coefficient (Wildman–Crippen LogP) is 7.31. The Hall–Kier alpha value is -0.260. The second-order valence-corrected chi connectivity index (χ2v) is 6.08. The van der Waals surface area contributed by atoms with Gasteiger partial charge in [0.1, 0.15) is 0 Å². The smallest absolute Gasteiger partial charge is 0.0351 e. The summed E-state index contributed by atoms with van der Waals surface area (Å²) in [5.41, 5.74) is 0. The molecule has 0 aliphatic rings. The van der Waals surface area contributed by atoms with Crippen molar-refractivity contribution in [3.63, 3.8) is 0 Å². The van der Waals surface area contributed by atoms with Crippen LogP contribution in [0.3, 0.4) is 0 Å². The summed E-state index contributed by atoms with van der Waals surface area (Å²) in [4.78, 5) is 0. The van der Waals surface area contributed by atoms with Gasteiger partial charge >= 0.3 is 0 Å². The number of hydrogen-bond acceptors (Lipinski definition) is 0. The van der Waals surface area contributed by atoms with Crippen LogP contribution in [0.1, 0.15) is 96.8 Å². The van der Waals surface area contributed by atoms with Crippen LogP contribution in [-0.2, 0) is 0 Å². The fraction of sp³-hybridized carbons (Fsp3) is 0.800. The molecule has 118 valence electrons. The van der Waals surface area contributed by atoms with Crippen LogP contribution in [0.2, 0.25) is 0 Å². The average molecular weight is 279 g/mol. The molecule has 0 aromatic carbocycles. The molecule has 0 bridgehead atoms. The summed E-state index contributed by atoms with van der Waals surface area (Å²) < 4.78 is 0. The van der Waals surface area contributed by atoms with E-state index in [4.69, 9.17) is 0 Å². The van der Waals surface area contributed by atoms with Gasteiger partial charge in [0.15, 0.2) is 0 Å². The van der Waals surface area contributed by atoms with Crippen molar-refractivity contribution in [2.24, 2.45) is 5.92 Å². The van der Waals surface area contributed by atoms with E-state index in [0.29, 0.717) is 0 Å². The topological polar surface area (TPSA) is 0 Å². The molecule has 0 amide bonds. The molecule has 0 nitrogen and oxygen atoms in total. The average Bonchev–Trinajstić information content (AvgIpc) is 2.47. The van der Waals surface area contributed by atoms with Crippen molar-refractivity contribution in [2.75, 3.05) is 0 Å². The van der Waals surface area contributed by atoms with Crippen LogP contribution < -0.4 is 0 Å². The van der Waals surface area contributed by atoms with Crippen LogP contribution in [0, 0.1) is 19.8 Å². The monoisotopic (exact) mass is 278 g/mol. The van der Waals surface area contributed by atoms with Crippen LogP contribution in [0.5, 0.6) is 0 Å². The molecule has 0 spiro atoms. The first-order chi connectivity index (χ1) is 9.85. The van der Waals surface area contributed by atoms with Gasteiger partial charge in [0.05, 0.1) is 0 Å².